The maximum absolute atomic E-state index is 5.84. The Bertz CT molecular complexity index is 265. The maximum Gasteiger partial charge on any atom is 0.203 e. The van der Waals surface area contributed by atoms with Gasteiger partial charge in [-0.25, -0.2) is 0 Å². The molecule has 0 aliphatic carbocycles. The van der Waals surface area contributed by atoms with Crippen LogP contribution in [0.1, 0.15) is 13.3 Å². The molecule has 0 spiro atoms. The number of alkyl halides is 1. The van der Waals surface area contributed by atoms with E-state index in [1.165, 1.54) is 0 Å². The van der Waals surface area contributed by atoms with Crippen molar-refractivity contribution in [1.29, 1.82) is 0 Å². The van der Waals surface area contributed by atoms with Crippen molar-refractivity contribution in [3.05, 3.63) is 24.5 Å². The molecule has 1 aromatic heterocycles. The van der Waals surface area contributed by atoms with E-state index >= 15 is 0 Å². The lowest BCUT2D eigenvalue weighted by Crippen LogP contribution is -2.29. The van der Waals surface area contributed by atoms with Crippen molar-refractivity contribution in [1.82, 2.24) is 4.98 Å². The standard InChI is InChI=1S/C11H16ClNO2/c1-3-9(8-12)11(14-2)15-10-4-6-13-7-5-10/h4-7,9,11H,3,8H2,1-2H3. The molecular formula is C11H16ClNO2. The third-order valence-corrected chi connectivity index (χ3v) is 2.64. The minimum atomic E-state index is -0.296. The van der Waals surface area contributed by atoms with Crippen LogP contribution in [0, 0.1) is 5.92 Å². The molecule has 0 N–H and O–H groups in total. The van der Waals surface area contributed by atoms with Gasteiger partial charge < -0.3 is 9.47 Å². The summed E-state index contributed by atoms with van der Waals surface area (Å²) in [7, 11) is 1.63. The summed E-state index contributed by atoms with van der Waals surface area (Å²) in [6.45, 7) is 2.06. The summed E-state index contributed by atoms with van der Waals surface area (Å²) in [5.74, 6) is 1.48. The highest BCUT2D eigenvalue weighted by atomic mass is 35.5. The van der Waals surface area contributed by atoms with E-state index in [2.05, 4.69) is 11.9 Å². The van der Waals surface area contributed by atoms with E-state index in [4.69, 9.17) is 21.1 Å². The average Bonchev–Trinajstić information content (AvgIpc) is 2.30. The number of pyridine rings is 1. The van der Waals surface area contributed by atoms with Crippen molar-refractivity contribution in [3.8, 4) is 5.75 Å². The Morgan fingerprint density at radius 3 is 2.53 bits per heavy atom. The van der Waals surface area contributed by atoms with Gasteiger partial charge in [-0.3, -0.25) is 4.98 Å². The third-order valence-electron chi connectivity index (χ3n) is 2.24. The van der Waals surface area contributed by atoms with Gasteiger partial charge >= 0.3 is 0 Å². The molecular weight excluding hydrogens is 214 g/mol. The molecule has 2 unspecified atom stereocenters. The van der Waals surface area contributed by atoms with Gasteiger partial charge in [0.2, 0.25) is 6.29 Å². The molecule has 0 bridgehead atoms. The van der Waals surface area contributed by atoms with Crippen molar-refractivity contribution >= 4 is 11.6 Å². The Balaban J connectivity index is 2.61. The molecule has 3 nitrogen and oxygen atoms in total. The largest absolute Gasteiger partial charge is 0.465 e. The van der Waals surface area contributed by atoms with Crippen LogP contribution < -0.4 is 4.74 Å². The van der Waals surface area contributed by atoms with Crippen LogP contribution in [0.25, 0.3) is 0 Å². The first-order valence-corrected chi connectivity index (χ1v) is 5.50. The first-order valence-electron chi connectivity index (χ1n) is 4.97. The number of ether oxygens (including phenoxy) is 2. The Hall–Kier alpha value is -0.800. The number of nitrogens with zero attached hydrogens (tertiary/aromatic N) is 1. The van der Waals surface area contributed by atoms with Crippen LogP contribution >= 0.6 is 11.6 Å². The van der Waals surface area contributed by atoms with Gasteiger partial charge in [0.1, 0.15) is 5.75 Å². The fraction of sp³-hybridized carbons (Fsp3) is 0.545. The summed E-state index contributed by atoms with van der Waals surface area (Å²) in [5.41, 5.74) is 0. The van der Waals surface area contributed by atoms with E-state index in [1.54, 1.807) is 31.6 Å². The molecule has 1 aromatic rings. The summed E-state index contributed by atoms with van der Waals surface area (Å²) in [4.78, 5) is 3.92. The van der Waals surface area contributed by atoms with Crippen molar-refractivity contribution in [2.75, 3.05) is 13.0 Å². The van der Waals surface area contributed by atoms with Gasteiger partial charge in [0.15, 0.2) is 0 Å². The highest BCUT2D eigenvalue weighted by molar-refractivity contribution is 6.18. The number of hydrogen-bond acceptors (Lipinski definition) is 3. The van der Waals surface area contributed by atoms with Crippen LogP contribution in [0.3, 0.4) is 0 Å². The fourth-order valence-electron chi connectivity index (χ4n) is 1.26. The molecule has 0 aromatic carbocycles. The Morgan fingerprint density at radius 2 is 2.07 bits per heavy atom. The normalized spacial score (nSPS) is 14.6. The number of methoxy groups -OCH3 is 1. The minimum Gasteiger partial charge on any atom is -0.465 e. The quantitative estimate of drug-likeness (QED) is 0.555. The Kier molecular flexibility index (Phi) is 5.43. The van der Waals surface area contributed by atoms with Gasteiger partial charge in [-0.2, -0.15) is 0 Å². The zero-order chi connectivity index (χ0) is 11.1. The molecule has 2 atom stereocenters. The Morgan fingerprint density at radius 1 is 1.40 bits per heavy atom. The second kappa shape index (κ2) is 6.64. The number of rotatable bonds is 6. The second-order valence-electron chi connectivity index (χ2n) is 3.23. The highest BCUT2D eigenvalue weighted by Gasteiger charge is 2.20. The SMILES string of the molecule is CCC(CCl)C(OC)Oc1ccncc1. The van der Waals surface area contributed by atoms with E-state index in [1.807, 2.05) is 0 Å². The molecule has 4 heteroatoms. The maximum atomic E-state index is 5.84. The van der Waals surface area contributed by atoms with Gasteiger partial charge in [0, 0.05) is 31.3 Å². The van der Waals surface area contributed by atoms with Crippen LogP contribution in [0.5, 0.6) is 5.75 Å². The predicted molar refractivity (Wildman–Crippen MR) is 60.2 cm³/mol. The third kappa shape index (κ3) is 3.68. The molecule has 1 heterocycles. The molecule has 0 aliphatic rings. The van der Waals surface area contributed by atoms with Crippen LogP contribution in [0.15, 0.2) is 24.5 Å². The zero-order valence-corrected chi connectivity index (χ0v) is 9.78. The summed E-state index contributed by atoms with van der Waals surface area (Å²) >= 11 is 5.84. The number of hydrogen-bond donors (Lipinski definition) is 0. The van der Waals surface area contributed by atoms with Crippen LogP contribution in [-0.2, 0) is 4.74 Å². The molecule has 0 aliphatic heterocycles. The minimum absolute atomic E-state index is 0.199. The molecule has 0 radical (unpaired) electrons. The topological polar surface area (TPSA) is 31.4 Å². The van der Waals surface area contributed by atoms with Crippen LogP contribution in [-0.4, -0.2) is 24.3 Å². The summed E-state index contributed by atoms with van der Waals surface area (Å²) in [6, 6.07) is 3.60. The summed E-state index contributed by atoms with van der Waals surface area (Å²) < 4.78 is 10.9. The molecule has 84 valence electrons. The summed E-state index contributed by atoms with van der Waals surface area (Å²) in [5, 5.41) is 0. The molecule has 0 fully saturated rings. The number of aromatic nitrogens is 1. The van der Waals surface area contributed by atoms with Crippen molar-refractivity contribution in [2.45, 2.75) is 19.6 Å². The zero-order valence-electron chi connectivity index (χ0n) is 9.02. The second-order valence-corrected chi connectivity index (χ2v) is 3.54. The Labute approximate surface area is 95.4 Å². The van der Waals surface area contributed by atoms with Gasteiger partial charge in [-0.05, 0) is 18.6 Å². The van der Waals surface area contributed by atoms with Crippen molar-refractivity contribution in [2.24, 2.45) is 5.92 Å². The van der Waals surface area contributed by atoms with E-state index < -0.39 is 0 Å². The van der Waals surface area contributed by atoms with Crippen LogP contribution in [0.4, 0.5) is 0 Å². The average molecular weight is 230 g/mol. The van der Waals surface area contributed by atoms with E-state index in [9.17, 15) is 0 Å². The lowest BCUT2D eigenvalue weighted by molar-refractivity contribution is -0.0878. The van der Waals surface area contributed by atoms with Gasteiger partial charge in [0.05, 0.1) is 0 Å². The molecule has 15 heavy (non-hydrogen) atoms. The van der Waals surface area contributed by atoms with Crippen molar-refractivity contribution in [3.63, 3.8) is 0 Å². The molecule has 0 saturated heterocycles. The molecule has 1 rings (SSSR count). The van der Waals surface area contributed by atoms with Crippen molar-refractivity contribution < 1.29 is 9.47 Å². The first kappa shape index (κ1) is 12.3. The smallest absolute Gasteiger partial charge is 0.203 e. The number of halogens is 1. The van der Waals surface area contributed by atoms with Crippen LogP contribution in [0.2, 0.25) is 0 Å². The summed E-state index contributed by atoms with van der Waals surface area (Å²) in [6.07, 6.45) is 4.00. The predicted octanol–water partition coefficient (Wildman–Crippen LogP) is 2.70. The van der Waals surface area contributed by atoms with E-state index in [0.717, 1.165) is 12.2 Å². The van der Waals surface area contributed by atoms with E-state index in [0.29, 0.717) is 5.88 Å². The monoisotopic (exact) mass is 229 g/mol. The molecule has 0 saturated carbocycles. The fourth-order valence-corrected chi connectivity index (χ4v) is 1.63. The van der Waals surface area contributed by atoms with Gasteiger partial charge in [-0.1, -0.05) is 6.92 Å². The lowest BCUT2D eigenvalue weighted by atomic mass is 10.1. The highest BCUT2D eigenvalue weighted by Crippen LogP contribution is 2.18. The van der Waals surface area contributed by atoms with Gasteiger partial charge in [0.25, 0.3) is 0 Å². The van der Waals surface area contributed by atoms with Gasteiger partial charge in [-0.15, -0.1) is 11.6 Å². The first-order chi connectivity index (χ1) is 7.31. The van der Waals surface area contributed by atoms with E-state index in [-0.39, 0.29) is 12.2 Å². The molecule has 0 amide bonds. The lowest BCUT2D eigenvalue weighted by Gasteiger charge is -2.23.